The van der Waals surface area contributed by atoms with Crippen molar-refractivity contribution in [3.05, 3.63) is 444 Å². The van der Waals surface area contributed by atoms with Crippen molar-refractivity contribution in [3.8, 4) is 62.6 Å². The molecule has 0 saturated heterocycles. The largest absolute Gasteiger partial charge is 0.305 e. The van der Waals surface area contributed by atoms with Gasteiger partial charge >= 0.3 is 0 Å². The fourth-order valence-corrected chi connectivity index (χ4v) is 23.4. The summed E-state index contributed by atoms with van der Waals surface area (Å²) in [4.78, 5) is 0. The molecule has 0 aliphatic heterocycles. The molecule has 0 bridgehead atoms. The molecule has 0 amide bonds. The van der Waals surface area contributed by atoms with E-state index in [4.69, 9.17) is 0 Å². The minimum Gasteiger partial charge on any atom is -0.305 e. The normalized spacial score (nSPS) is 12.5. The summed E-state index contributed by atoms with van der Waals surface area (Å²) in [7, 11) is 0. The van der Waals surface area contributed by atoms with Crippen LogP contribution in [-0.4, -0.2) is 36.5 Å². The third-order valence-corrected chi connectivity index (χ3v) is 30.8. The van der Waals surface area contributed by atoms with E-state index in [2.05, 4.69) is 593 Å². The third-order valence-electron chi connectivity index (χ3n) is 30.8. The van der Waals surface area contributed by atoms with Crippen LogP contribution in [0.15, 0.2) is 377 Å². The van der Waals surface area contributed by atoms with E-state index < -0.39 is 0 Å². The molecule has 726 valence electrons. The van der Waals surface area contributed by atoms with E-state index in [1.807, 2.05) is 0 Å². The maximum absolute atomic E-state index is 2.47. The zero-order chi connectivity index (χ0) is 102. The van der Waals surface area contributed by atoms with E-state index in [1.54, 1.807) is 0 Å². The summed E-state index contributed by atoms with van der Waals surface area (Å²) < 4.78 is 26.6. The summed E-state index contributed by atoms with van der Waals surface area (Å²) >= 11 is 0. The standard InChI is InChI=1S/2C49H47N4.C37H40N3/c1-32-39(49(6,7)8)30-34(48(3,4)5)31-46(32)50-28-29-51(33(50)2)47-44(52-40-22-13-9-18-35(40)36-19-10-14-23-41(36)52)26-17-27-45(47)53-42-24-15-11-20-37(42)38-21-12-16-25-43(38)53;1-32-41(49(6,7)8)29-34(48(3,4)5)30-44(32)50-27-28-51(33(50)2)47-45-39(37-23-15-17-25-42(37)52(45)35-19-11-9-12-20-35)31-40-38-24-16-18-26-43(38)53(46(40)47)36-21-13-10-14-22-36;1-25-30(37(6,7)8)23-27(36(3,4)5)24-35(25)39-22-21-38(26(39)2)33-19-13-14-20-34(33)40-31-17-11-9-15-28(31)29-16-10-12-18-32(29)40/h2*9-31H,1-8H3;9-24H,1-8H3/q3*+1. The van der Waals surface area contributed by atoms with E-state index >= 15 is 0 Å². The number of nitrogens with zero attached hydrogens (tertiary/aromatic N) is 11. The van der Waals surface area contributed by atoms with Gasteiger partial charge in [0.05, 0.1) is 61.2 Å². The van der Waals surface area contributed by atoms with E-state index in [0.717, 1.165) is 51.5 Å². The lowest BCUT2D eigenvalue weighted by atomic mass is 9.78. The van der Waals surface area contributed by atoms with Crippen molar-refractivity contribution in [1.29, 1.82) is 0 Å². The van der Waals surface area contributed by atoms with E-state index in [1.165, 1.54) is 188 Å². The molecule has 24 aromatic rings. The molecule has 8 heterocycles. The summed E-state index contributed by atoms with van der Waals surface area (Å²) in [6.45, 7) is 55.4. The van der Waals surface area contributed by atoms with Gasteiger partial charge in [0.25, 0.3) is 17.5 Å². The number of aromatic nitrogens is 11. The van der Waals surface area contributed by atoms with Gasteiger partial charge in [0.15, 0.2) is 17.1 Å². The van der Waals surface area contributed by atoms with E-state index in [9.17, 15) is 0 Å². The van der Waals surface area contributed by atoms with Gasteiger partial charge in [-0.25, -0.2) is 0 Å². The zero-order valence-corrected chi connectivity index (χ0v) is 89.2. The molecule has 11 heteroatoms. The first-order valence-corrected chi connectivity index (χ1v) is 51.9. The fourth-order valence-electron chi connectivity index (χ4n) is 23.4. The first-order chi connectivity index (χ1) is 69.8. The first-order valence-electron chi connectivity index (χ1n) is 51.9. The predicted molar refractivity (Wildman–Crippen MR) is 614 cm³/mol. The Kier molecular flexibility index (Phi) is 23.2. The molecular formula is C135H134N11+3. The molecular weight excluding hydrogens is 1780 g/mol. The van der Waals surface area contributed by atoms with Crippen molar-refractivity contribution in [2.45, 2.75) is 199 Å². The Balaban J connectivity index is 0.000000126. The van der Waals surface area contributed by atoms with E-state index in [0.29, 0.717) is 0 Å². The second-order valence-electron chi connectivity index (χ2n) is 46.4. The number of rotatable bonds is 11. The molecule has 16 aromatic carbocycles. The van der Waals surface area contributed by atoms with Crippen LogP contribution in [0.3, 0.4) is 0 Å². The Hall–Kier alpha value is -15.9. The van der Waals surface area contributed by atoms with Crippen molar-refractivity contribution in [1.82, 2.24) is 36.5 Å². The Morgan fingerprint density at radius 1 is 0.192 bits per heavy atom. The molecule has 8 aromatic heterocycles. The predicted octanol–water partition coefficient (Wildman–Crippen LogP) is 33.4. The maximum atomic E-state index is 2.47. The van der Waals surface area contributed by atoms with Crippen LogP contribution in [0.5, 0.6) is 0 Å². The molecule has 0 aliphatic rings. The van der Waals surface area contributed by atoms with Crippen molar-refractivity contribution < 1.29 is 13.7 Å². The fraction of sp³-hybridized carbons (Fsp3) is 0.222. The Morgan fingerprint density at radius 3 is 0.733 bits per heavy atom. The van der Waals surface area contributed by atoms with Crippen molar-refractivity contribution in [3.63, 3.8) is 0 Å². The number of imidazole rings is 3. The van der Waals surface area contributed by atoms with Crippen LogP contribution in [0.25, 0.3) is 172 Å². The lowest BCUT2D eigenvalue weighted by Gasteiger charge is -2.27. The van der Waals surface area contributed by atoms with Crippen molar-refractivity contribution >= 4 is 109 Å². The Morgan fingerprint density at radius 2 is 0.432 bits per heavy atom. The molecule has 0 saturated carbocycles. The molecule has 146 heavy (non-hydrogen) atoms. The van der Waals surface area contributed by atoms with Gasteiger partial charge in [-0.1, -0.05) is 343 Å². The van der Waals surface area contributed by atoms with Crippen molar-refractivity contribution in [2.24, 2.45) is 0 Å². The average molecular weight is 1910 g/mol. The quantitative estimate of drug-likeness (QED) is 0.116. The number of fused-ring (bicyclic) bond motifs is 15. The summed E-state index contributed by atoms with van der Waals surface area (Å²) in [6, 6.07) is 125. The average Bonchev–Trinajstić information content (AvgIpc) is 1.54. The van der Waals surface area contributed by atoms with Gasteiger partial charge in [0, 0.05) is 86.0 Å². The van der Waals surface area contributed by atoms with Crippen LogP contribution >= 0.6 is 0 Å². The van der Waals surface area contributed by atoms with Crippen LogP contribution < -0.4 is 13.7 Å². The first kappa shape index (κ1) is 95.0. The Bertz CT molecular complexity index is 8870. The number of hydrogen-bond acceptors (Lipinski definition) is 0. The second-order valence-corrected chi connectivity index (χ2v) is 46.4. The number of benzene rings is 16. The van der Waals surface area contributed by atoms with Gasteiger partial charge in [-0.05, 0) is 225 Å². The minimum absolute atomic E-state index is 0.00211. The highest BCUT2D eigenvalue weighted by Crippen LogP contribution is 2.48. The smallest absolute Gasteiger partial charge is 0.263 e. The van der Waals surface area contributed by atoms with Gasteiger partial charge in [0.2, 0.25) is 0 Å². The lowest BCUT2D eigenvalue weighted by Crippen LogP contribution is -2.35. The van der Waals surface area contributed by atoms with Gasteiger partial charge < -0.3 is 22.8 Å². The molecule has 0 fully saturated rings. The van der Waals surface area contributed by atoms with Crippen LogP contribution in [-0.2, 0) is 32.5 Å². The highest BCUT2D eigenvalue weighted by atomic mass is 15.2. The van der Waals surface area contributed by atoms with Gasteiger partial charge in [-0.15, -0.1) is 0 Å². The molecule has 0 radical (unpaired) electrons. The summed E-state index contributed by atoms with van der Waals surface area (Å²) in [5.74, 6) is 3.44. The monoisotopic (exact) mass is 1910 g/mol. The van der Waals surface area contributed by atoms with E-state index in [-0.39, 0.29) is 32.5 Å². The van der Waals surface area contributed by atoms with Crippen LogP contribution in [0, 0.1) is 41.5 Å². The molecule has 0 aliphatic carbocycles. The third kappa shape index (κ3) is 16.0. The molecule has 0 spiro atoms. The highest BCUT2D eigenvalue weighted by molar-refractivity contribution is 6.23. The van der Waals surface area contributed by atoms with Crippen LogP contribution in [0.2, 0.25) is 0 Å². The maximum Gasteiger partial charge on any atom is 0.263 e. The highest BCUT2D eigenvalue weighted by Gasteiger charge is 2.37. The van der Waals surface area contributed by atoms with Gasteiger partial charge in [0.1, 0.15) is 65.3 Å². The molecule has 0 N–H and O–H groups in total. The zero-order valence-electron chi connectivity index (χ0n) is 89.2. The molecule has 0 unspecified atom stereocenters. The number of hydrogen-bond donors (Lipinski definition) is 0. The molecule has 11 nitrogen and oxygen atoms in total. The topological polar surface area (TPSA) is 51.1 Å². The Labute approximate surface area is 859 Å². The molecule has 24 rings (SSSR count). The lowest BCUT2D eigenvalue weighted by molar-refractivity contribution is -0.601. The summed E-state index contributed by atoms with van der Waals surface area (Å²) in [5.41, 5.74) is 37.2. The minimum atomic E-state index is 0.00211. The number of para-hydroxylation sites is 13. The summed E-state index contributed by atoms with van der Waals surface area (Å²) in [6.07, 6.45) is 13.5. The summed E-state index contributed by atoms with van der Waals surface area (Å²) in [5, 5.41) is 12.5. The van der Waals surface area contributed by atoms with Crippen molar-refractivity contribution in [2.75, 3.05) is 0 Å². The second kappa shape index (κ2) is 35.6. The van der Waals surface area contributed by atoms with Gasteiger partial charge in [-0.3, -0.25) is 0 Å². The molecule has 0 atom stereocenters. The SMILES string of the molecule is Cc1c(-n2cc[n+](-c3c(-n4c5ccccc5c5ccccc54)cccc3-n3c4ccccc4c4ccccc43)c2C)cc(C(C)(C)C)cc1C(C)(C)C.Cc1c(-n2cc[n+](-c3c4c(cc5c6ccccc6n(-c6ccccc6)c35)c3ccccc3n4-c3ccccc3)c2C)cc(C(C)(C)C)cc1C(C)(C)C.Cc1c(-n2cc[n+](-c3ccccc3-n3c4ccccc4c4ccccc43)c2C)cc(C(C)(C)C)cc1C(C)(C)C. The van der Waals surface area contributed by atoms with Crippen LogP contribution in [0.1, 0.15) is 192 Å². The van der Waals surface area contributed by atoms with Gasteiger partial charge in [-0.2, -0.15) is 27.4 Å². The van der Waals surface area contributed by atoms with Crippen LogP contribution in [0.4, 0.5) is 0 Å².